The SMILES string of the molecule is COc1ccc(CCCN)c(F)c1. The van der Waals surface area contributed by atoms with Crippen LogP contribution < -0.4 is 10.5 Å². The molecule has 3 heteroatoms. The van der Waals surface area contributed by atoms with Crippen LogP contribution in [-0.2, 0) is 6.42 Å². The molecule has 0 saturated carbocycles. The quantitative estimate of drug-likeness (QED) is 0.771. The fourth-order valence-corrected chi connectivity index (χ4v) is 1.15. The van der Waals surface area contributed by atoms with Crippen molar-refractivity contribution in [1.82, 2.24) is 0 Å². The Morgan fingerprint density at radius 1 is 1.46 bits per heavy atom. The van der Waals surface area contributed by atoms with Crippen LogP contribution in [0.1, 0.15) is 12.0 Å². The maximum Gasteiger partial charge on any atom is 0.130 e. The van der Waals surface area contributed by atoms with Crippen LogP contribution in [0, 0.1) is 5.82 Å². The molecule has 0 radical (unpaired) electrons. The highest BCUT2D eigenvalue weighted by Gasteiger charge is 2.02. The Bertz CT molecular complexity index is 276. The number of halogens is 1. The molecular formula is C10H14FNO. The third-order valence-electron chi connectivity index (χ3n) is 1.91. The fourth-order valence-electron chi connectivity index (χ4n) is 1.15. The van der Waals surface area contributed by atoms with Gasteiger partial charge in [-0.1, -0.05) is 6.07 Å². The highest BCUT2D eigenvalue weighted by molar-refractivity contribution is 5.28. The summed E-state index contributed by atoms with van der Waals surface area (Å²) in [6.45, 7) is 0.589. The zero-order valence-corrected chi connectivity index (χ0v) is 7.72. The second-order valence-electron chi connectivity index (χ2n) is 2.85. The van der Waals surface area contributed by atoms with Gasteiger partial charge in [0.25, 0.3) is 0 Å². The van der Waals surface area contributed by atoms with Gasteiger partial charge < -0.3 is 10.5 Å². The number of ether oxygens (including phenoxy) is 1. The number of rotatable bonds is 4. The molecule has 0 aromatic heterocycles. The van der Waals surface area contributed by atoms with E-state index in [9.17, 15) is 4.39 Å². The lowest BCUT2D eigenvalue weighted by Gasteiger charge is -2.04. The largest absolute Gasteiger partial charge is 0.497 e. The van der Waals surface area contributed by atoms with Crippen LogP contribution in [0.2, 0.25) is 0 Å². The first kappa shape index (κ1) is 9.99. The first-order valence-corrected chi connectivity index (χ1v) is 4.30. The molecule has 13 heavy (non-hydrogen) atoms. The lowest BCUT2D eigenvalue weighted by atomic mass is 10.1. The highest BCUT2D eigenvalue weighted by atomic mass is 19.1. The van der Waals surface area contributed by atoms with Gasteiger partial charge in [-0.25, -0.2) is 4.39 Å². The molecule has 0 unspecified atom stereocenters. The molecule has 1 rings (SSSR count). The minimum absolute atomic E-state index is 0.215. The minimum Gasteiger partial charge on any atom is -0.497 e. The lowest BCUT2D eigenvalue weighted by molar-refractivity contribution is 0.410. The maximum absolute atomic E-state index is 13.2. The second-order valence-corrected chi connectivity index (χ2v) is 2.85. The average molecular weight is 183 g/mol. The number of hydrogen-bond acceptors (Lipinski definition) is 2. The van der Waals surface area contributed by atoms with Crippen LogP contribution in [0.4, 0.5) is 4.39 Å². The molecule has 72 valence electrons. The van der Waals surface area contributed by atoms with Crippen molar-refractivity contribution in [2.75, 3.05) is 13.7 Å². The van der Waals surface area contributed by atoms with Gasteiger partial charge in [0.2, 0.25) is 0 Å². The second kappa shape index (κ2) is 4.82. The van der Waals surface area contributed by atoms with E-state index in [0.29, 0.717) is 24.3 Å². The van der Waals surface area contributed by atoms with Gasteiger partial charge in [0, 0.05) is 6.07 Å². The summed E-state index contributed by atoms with van der Waals surface area (Å²) >= 11 is 0. The van der Waals surface area contributed by atoms with Crippen LogP contribution in [0.5, 0.6) is 5.75 Å². The summed E-state index contributed by atoms with van der Waals surface area (Å²) in [5.74, 6) is 0.335. The molecule has 0 saturated heterocycles. The Balaban J connectivity index is 2.73. The highest BCUT2D eigenvalue weighted by Crippen LogP contribution is 2.16. The van der Waals surface area contributed by atoms with E-state index in [-0.39, 0.29) is 5.82 Å². The third-order valence-corrected chi connectivity index (χ3v) is 1.91. The first-order valence-electron chi connectivity index (χ1n) is 4.30. The van der Waals surface area contributed by atoms with Crippen molar-refractivity contribution in [2.24, 2.45) is 5.73 Å². The average Bonchev–Trinajstić information content (AvgIpc) is 2.16. The Hall–Kier alpha value is -1.09. The van der Waals surface area contributed by atoms with E-state index in [0.717, 1.165) is 6.42 Å². The van der Waals surface area contributed by atoms with Crippen LogP contribution in [0.15, 0.2) is 18.2 Å². The number of hydrogen-bond donors (Lipinski definition) is 1. The molecule has 0 heterocycles. The van der Waals surface area contributed by atoms with Crippen LogP contribution in [0.25, 0.3) is 0 Å². The van der Waals surface area contributed by atoms with Crippen LogP contribution >= 0.6 is 0 Å². The zero-order chi connectivity index (χ0) is 9.68. The summed E-state index contributed by atoms with van der Waals surface area (Å²) in [5, 5.41) is 0. The Labute approximate surface area is 77.5 Å². The summed E-state index contributed by atoms with van der Waals surface area (Å²) in [4.78, 5) is 0. The third kappa shape index (κ3) is 2.70. The van der Waals surface area contributed by atoms with Gasteiger partial charge in [-0.2, -0.15) is 0 Å². The summed E-state index contributed by atoms with van der Waals surface area (Å²) in [6.07, 6.45) is 1.50. The molecule has 0 aliphatic rings. The standard InChI is InChI=1S/C10H14FNO/c1-13-9-5-4-8(3-2-6-12)10(11)7-9/h4-5,7H,2-3,6,12H2,1H3. The smallest absolute Gasteiger partial charge is 0.130 e. The summed E-state index contributed by atoms with van der Waals surface area (Å²) in [7, 11) is 1.52. The zero-order valence-electron chi connectivity index (χ0n) is 7.72. The van der Waals surface area contributed by atoms with Crippen molar-refractivity contribution >= 4 is 0 Å². The van der Waals surface area contributed by atoms with Gasteiger partial charge in [-0.3, -0.25) is 0 Å². The monoisotopic (exact) mass is 183 g/mol. The van der Waals surface area contributed by atoms with E-state index < -0.39 is 0 Å². The van der Waals surface area contributed by atoms with Gasteiger partial charge in [0.15, 0.2) is 0 Å². The molecule has 0 amide bonds. The predicted molar refractivity (Wildman–Crippen MR) is 50.3 cm³/mol. The van der Waals surface area contributed by atoms with Crippen LogP contribution in [0.3, 0.4) is 0 Å². The molecule has 0 aliphatic heterocycles. The molecule has 2 nitrogen and oxygen atoms in total. The van der Waals surface area contributed by atoms with E-state index in [1.165, 1.54) is 13.2 Å². The Kier molecular flexibility index (Phi) is 3.71. The molecule has 1 aromatic rings. The predicted octanol–water partition coefficient (Wildman–Crippen LogP) is 1.73. The van der Waals surface area contributed by atoms with Crippen molar-refractivity contribution in [1.29, 1.82) is 0 Å². The summed E-state index contributed by atoms with van der Waals surface area (Å²) < 4.78 is 18.1. The van der Waals surface area contributed by atoms with Crippen molar-refractivity contribution in [3.63, 3.8) is 0 Å². The van der Waals surface area contributed by atoms with Crippen molar-refractivity contribution in [3.8, 4) is 5.75 Å². The maximum atomic E-state index is 13.2. The Morgan fingerprint density at radius 3 is 2.77 bits per heavy atom. The van der Waals surface area contributed by atoms with Crippen LogP contribution in [-0.4, -0.2) is 13.7 Å². The molecule has 0 aliphatic carbocycles. The summed E-state index contributed by atoms with van der Waals surface area (Å²) in [5.41, 5.74) is 6.04. The number of methoxy groups -OCH3 is 1. The van der Waals surface area contributed by atoms with E-state index in [1.54, 1.807) is 12.1 Å². The molecular weight excluding hydrogens is 169 g/mol. The van der Waals surface area contributed by atoms with E-state index in [2.05, 4.69) is 0 Å². The molecule has 0 atom stereocenters. The van der Waals surface area contributed by atoms with Gasteiger partial charge in [0.05, 0.1) is 7.11 Å². The summed E-state index contributed by atoms with van der Waals surface area (Å²) in [6, 6.07) is 4.89. The van der Waals surface area contributed by atoms with Gasteiger partial charge in [-0.15, -0.1) is 0 Å². The van der Waals surface area contributed by atoms with Crippen molar-refractivity contribution < 1.29 is 9.13 Å². The van der Waals surface area contributed by atoms with Gasteiger partial charge >= 0.3 is 0 Å². The topological polar surface area (TPSA) is 35.2 Å². The fraction of sp³-hybridized carbons (Fsp3) is 0.400. The lowest BCUT2D eigenvalue weighted by Crippen LogP contribution is -2.01. The molecule has 0 fully saturated rings. The minimum atomic E-state index is -0.215. The van der Waals surface area contributed by atoms with Gasteiger partial charge in [-0.05, 0) is 31.0 Å². The van der Waals surface area contributed by atoms with E-state index >= 15 is 0 Å². The molecule has 1 aromatic carbocycles. The van der Waals surface area contributed by atoms with Gasteiger partial charge in [0.1, 0.15) is 11.6 Å². The number of nitrogens with two attached hydrogens (primary N) is 1. The number of aryl methyl sites for hydroxylation is 1. The molecule has 0 bridgehead atoms. The Morgan fingerprint density at radius 2 is 2.23 bits per heavy atom. The molecule has 0 spiro atoms. The van der Waals surface area contributed by atoms with E-state index in [1.807, 2.05) is 0 Å². The molecule has 2 N–H and O–H groups in total. The number of benzene rings is 1. The van der Waals surface area contributed by atoms with E-state index in [4.69, 9.17) is 10.5 Å². The normalized spacial score (nSPS) is 10.1. The van der Waals surface area contributed by atoms with Crippen molar-refractivity contribution in [2.45, 2.75) is 12.8 Å². The first-order chi connectivity index (χ1) is 6.27. The van der Waals surface area contributed by atoms with Crippen molar-refractivity contribution in [3.05, 3.63) is 29.6 Å².